The van der Waals surface area contributed by atoms with Crippen molar-refractivity contribution in [1.82, 2.24) is 10.1 Å². The van der Waals surface area contributed by atoms with Crippen LogP contribution in [0.25, 0.3) is 11.4 Å². The Morgan fingerprint density at radius 1 is 1.19 bits per heavy atom. The van der Waals surface area contributed by atoms with Gasteiger partial charge in [-0.3, -0.25) is 0 Å². The van der Waals surface area contributed by atoms with Gasteiger partial charge in [-0.15, -0.1) is 0 Å². The summed E-state index contributed by atoms with van der Waals surface area (Å²) in [4.78, 5) is 3.12. The van der Waals surface area contributed by atoms with Crippen LogP contribution >= 0.6 is 23.2 Å². The van der Waals surface area contributed by atoms with Crippen LogP contribution in [0.5, 0.6) is 5.75 Å². The van der Waals surface area contributed by atoms with Crippen molar-refractivity contribution in [1.29, 1.82) is 0 Å². The monoisotopic (exact) mass is 434 g/mol. The predicted octanol–water partition coefficient (Wildman–Crippen LogP) is 4.52. The third kappa shape index (κ3) is 3.76. The molecule has 1 aromatic heterocycles. The van der Waals surface area contributed by atoms with E-state index in [1.54, 1.807) is 6.07 Å². The van der Waals surface area contributed by atoms with Crippen molar-refractivity contribution in [2.24, 2.45) is 0 Å². The molecule has 0 aliphatic carbocycles. The number of rotatable bonds is 5. The second kappa shape index (κ2) is 7.06. The van der Waals surface area contributed by atoms with Crippen molar-refractivity contribution in [2.45, 2.75) is 15.2 Å². The first-order valence-corrected chi connectivity index (χ1v) is 9.47. The van der Waals surface area contributed by atoms with Crippen LogP contribution in [0, 0.1) is 0 Å². The Morgan fingerprint density at radius 2 is 1.89 bits per heavy atom. The number of halogens is 4. The lowest BCUT2D eigenvalue weighted by Crippen LogP contribution is -2.05. The molecule has 1 heterocycles. The van der Waals surface area contributed by atoms with E-state index in [-0.39, 0.29) is 32.0 Å². The molecule has 0 aliphatic heterocycles. The topological polar surface area (TPSA) is 82.3 Å². The Balaban J connectivity index is 2.10. The van der Waals surface area contributed by atoms with Crippen LogP contribution in [0.1, 0.15) is 5.89 Å². The van der Waals surface area contributed by atoms with Crippen LogP contribution in [-0.4, -0.2) is 25.7 Å². The maximum atomic E-state index is 13.0. The van der Waals surface area contributed by atoms with E-state index in [1.165, 1.54) is 43.5 Å². The van der Waals surface area contributed by atoms with Crippen molar-refractivity contribution >= 4 is 33.0 Å². The van der Waals surface area contributed by atoms with Crippen LogP contribution in [0.2, 0.25) is 5.02 Å². The zero-order valence-corrected chi connectivity index (χ0v) is 15.8. The molecule has 142 valence electrons. The molecule has 0 atom stereocenters. The van der Waals surface area contributed by atoms with Crippen LogP contribution in [0.4, 0.5) is 8.78 Å². The molecular formula is C16H10Cl2F2N2O4S. The van der Waals surface area contributed by atoms with Gasteiger partial charge in [-0.2, -0.15) is 13.8 Å². The number of ether oxygens (including phenoxy) is 1. The second-order valence-corrected chi connectivity index (χ2v) is 7.99. The molecule has 0 unspecified atom stereocenters. The summed E-state index contributed by atoms with van der Waals surface area (Å²) in [5, 5.41) is -0.454. The molecule has 0 saturated carbocycles. The van der Waals surface area contributed by atoms with Crippen LogP contribution in [-0.2, 0) is 15.2 Å². The molecule has 0 fully saturated rings. The Bertz CT molecular complexity index is 1100. The number of aromatic nitrogens is 2. The van der Waals surface area contributed by atoms with Gasteiger partial charge in [-0.25, -0.2) is 8.42 Å². The summed E-state index contributed by atoms with van der Waals surface area (Å²) in [5.41, 5.74) is 0.137. The first kappa shape index (κ1) is 19.5. The molecule has 2 aromatic carbocycles. The van der Waals surface area contributed by atoms with E-state index in [2.05, 4.69) is 14.7 Å². The molecule has 0 N–H and O–H groups in total. The number of methoxy groups -OCH3 is 1. The minimum atomic E-state index is -4.08. The molecule has 0 radical (unpaired) electrons. The highest BCUT2D eigenvalue weighted by Crippen LogP contribution is 2.36. The minimum Gasteiger partial charge on any atom is -0.495 e. The number of sulfone groups is 1. The maximum absolute atomic E-state index is 13.0. The second-order valence-electron chi connectivity index (χ2n) is 5.22. The van der Waals surface area contributed by atoms with Gasteiger partial charge < -0.3 is 9.26 Å². The predicted molar refractivity (Wildman–Crippen MR) is 92.9 cm³/mol. The number of benzene rings is 2. The van der Waals surface area contributed by atoms with E-state index in [0.717, 1.165) is 0 Å². The number of nitrogens with zero attached hydrogens (tertiary/aromatic N) is 2. The van der Waals surface area contributed by atoms with Crippen molar-refractivity contribution < 1.29 is 26.5 Å². The fraction of sp³-hybridized carbons (Fsp3) is 0.125. The standard InChI is InChI=1S/C16H10Cl2F2N2O4S/c1-25-12-7-3-6-11(17)13(12)27(23,24)10-5-2-4-9(8-10)14-21-15(26-22-14)16(18,19)20/h2-8H,1H3. The van der Waals surface area contributed by atoms with E-state index >= 15 is 0 Å². The third-order valence-corrected chi connectivity index (χ3v) is 5.91. The number of alkyl halides is 3. The average molecular weight is 435 g/mol. The van der Waals surface area contributed by atoms with Gasteiger partial charge in [0.1, 0.15) is 10.6 Å². The van der Waals surface area contributed by atoms with Crippen molar-refractivity contribution in [2.75, 3.05) is 7.11 Å². The molecule has 3 aromatic rings. The Hall–Kier alpha value is -2.23. The normalized spacial score (nSPS) is 12.2. The van der Waals surface area contributed by atoms with E-state index in [9.17, 15) is 17.2 Å². The summed E-state index contributed by atoms with van der Waals surface area (Å²) in [6.07, 6.45) is 0. The fourth-order valence-corrected chi connectivity index (χ4v) is 4.35. The van der Waals surface area contributed by atoms with Crippen LogP contribution in [0.3, 0.4) is 0 Å². The van der Waals surface area contributed by atoms with Gasteiger partial charge in [-0.05, 0) is 35.9 Å². The van der Waals surface area contributed by atoms with E-state index in [0.29, 0.717) is 0 Å². The van der Waals surface area contributed by atoms with E-state index < -0.39 is 21.1 Å². The zero-order chi connectivity index (χ0) is 19.8. The smallest absolute Gasteiger partial charge is 0.400 e. The molecule has 11 heteroatoms. The Kier molecular flexibility index (Phi) is 5.11. The molecule has 0 bridgehead atoms. The number of hydrogen-bond donors (Lipinski definition) is 0. The first-order valence-electron chi connectivity index (χ1n) is 7.23. The highest BCUT2D eigenvalue weighted by atomic mass is 35.5. The molecule has 0 spiro atoms. The van der Waals surface area contributed by atoms with Gasteiger partial charge in [0.2, 0.25) is 15.7 Å². The SMILES string of the molecule is COc1cccc(Cl)c1S(=O)(=O)c1cccc(-c2noc(C(F)(F)Cl)n2)c1. The molecule has 3 rings (SSSR count). The van der Waals surface area contributed by atoms with E-state index in [1.807, 2.05) is 0 Å². The summed E-state index contributed by atoms with van der Waals surface area (Å²) in [5.74, 6) is -1.27. The Morgan fingerprint density at radius 3 is 2.52 bits per heavy atom. The van der Waals surface area contributed by atoms with Crippen LogP contribution < -0.4 is 4.74 Å². The summed E-state index contributed by atoms with van der Waals surface area (Å²) in [6, 6.07) is 9.78. The van der Waals surface area contributed by atoms with Gasteiger partial charge in [-0.1, -0.05) is 35.0 Å². The summed E-state index contributed by atoms with van der Waals surface area (Å²) in [6.45, 7) is 0. The lowest BCUT2D eigenvalue weighted by molar-refractivity contribution is 0.0551. The van der Waals surface area contributed by atoms with Gasteiger partial charge in [0.25, 0.3) is 0 Å². The third-order valence-electron chi connectivity index (χ3n) is 3.49. The summed E-state index contributed by atoms with van der Waals surface area (Å²) < 4.78 is 61.6. The highest BCUT2D eigenvalue weighted by molar-refractivity contribution is 7.91. The largest absolute Gasteiger partial charge is 0.495 e. The average Bonchev–Trinajstić information content (AvgIpc) is 3.12. The first-order chi connectivity index (χ1) is 12.6. The lowest BCUT2D eigenvalue weighted by Gasteiger charge is -2.11. The highest BCUT2D eigenvalue weighted by Gasteiger charge is 2.36. The fourth-order valence-electron chi connectivity index (χ4n) is 2.29. The molecule has 27 heavy (non-hydrogen) atoms. The van der Waals surface area contributed by atoms with Crippen LogP contribution in [0.15, 0.2) is 56.8 Å². The number of hydrogen-bond acceptors (Lipinski definition) is 6. The molecule has 0 aliphatic rings. The van der Waals surface area contributed by atoms with Gasteiger partial charge in [0.05, 0.1) is 17.0 Å². The van der Waals surface area contributed by atoms with Gasteiger partial charge in [0, 0.05) is 5.56 Å². The van der Waals surface area contributed by atoms with Gasteiger partial charge in [0.15, 0.2) is 0 Å². The molecule has 6 nitrogen and oxygen atoms in total. The van der Waals surface area contributed by atoms with E-state index in [4.69, 9.17) is 27.9 Å². The minimum absolute atomic E-state index is 0.0246. The summed E-state index contributed by atoms with van der Waals surface area (Å²) >= 11 is 10.9. The van der Waals surface area contributed by atoms with Crippen molar-refractivity contribution in [3.8, 4) is 17.1 Å². The summed E-state index contributed by atoms with van der Waals surface area (Å²) in [7, 11) is -2.77. The maximum Gasteiger partial charge on any atom is 0.400 e. The Labute approximate surface area is 162 Å². The quantitative estimate of drug-likeness (QED) is 0.549. The lowest BCUT2D eigenvalue weighted by atomic mass is 10.2. The zero-order valence-electron chi connectivity index (χ0n) is 13.5. The molecular weight excluding hydrogens is 425 g/mol. The van der Waals surface area contributed by atoms with Crippen molar-refractivity contribution in [3.63, 3.8) is 0 Å². The van der Waals surface area contributed by atoms with Gasteiger partial charge >= 0.3 is 11.3 Å². The molecule has 0 amide bonds. The van der Waals surface area contributed by atoms with Crippen molar-refractivity contribution in [3.05, 3.63) is 53.4 Å². The molecule has 0 saturated heterocycles.